The predicted octanol–water partition coefficient (Wildman–Crippen LogP) is 3.86. The maximum Gasteiger partial charge on any atom is 0.213 e. The third-order valence-corrected chi connectivity index (χ3v) is 4.95. The summed E-state index contributed by atoms with van der Waals surface area (Å²) in [4.78, 5) is 4.13. The maximum absolute atomic E-state index is 6.13. The van der Waals surface area contributed by atoms with Crippen LogP contribution in [0.2, 0.25) is 0 Å². The number of ether oxygens (including phenoxy) is 4. The molecule has 0 spiro atoms. The van der Waals surface area contributed by atoms with Crippen LogP contribution in [0.25, 0.3) is 11.1 Å². The fourth-order valence-corrected chi connectivity index (χ4v) is 3.49. The molecule has 2 heterocycles. The lowest BCUT2D eigenvalue weighted by Gasteiger charge is -2.37. The molecule has 146 valence electrons. The molecule has 0 unspecified atom stereocenters. The van der Waals surface area contributed by atoms with Crippen LogP contribution in [0.15, 0.2) is 61.2 Å². The first-order valence-electron chi connectivity index (χ1n) is 9.31. The van der Waals surface area contributed by atoms with Gasteiger partial charge in [0.1, 0.15) is 11.5 Å². The Morgan fingerprint density at radius 1 is 1.04 bits per heavy atom. The van der Waals surface area contributed by atoms with Gasteiger partial charge in [0.15, 0.2) is 0 Å². The average molecular weight is 380 g/mol. The van der Waals surface area contributed by atoms with Crippen LogP contribution >= 0.6 is 0 Å². The van der Waals surface area contributed by atoms with Crippen LogP contribution in [-0.2, 0) is 21.8 Å². The van der Waals surface area contributed by atoms with Crippen LogP contribution in [0.4, 0.5) is 0 Å². The van der Waals surface area contributed by atoms with Crippen molar-refractivity contribution in [2.45, 2.75) is 18.8 Å². The van der Waals surface area contributed by atoms with Crippen molar-refractivity contribution < 1.29 is 18.9 Å². The van der Waals surface area contributed by atoms with Crippen molar-refractivity contribution in [1.82, 2.24) is 9.55 Å². The molecule has 0 N–H and O–H groups in total. The fourth-order valence-electron chi connectivity index (χ4n) is 3.49. The molecular weight excluding hydrogens is 356 g/mol. The second kappa shape index (κ2) is 8.04. The number of methoxy groups -OCH3 is 2. The van der Waals surface area contributed by atoms with Gasteiger partial charge in [-0.25, -0.2) is 4.98 Å². The summed E-state index contributed by atoms with van der Waals surface area (Å²) >= 11 is 0. The zero-order valence-corrected chi connectivity index (χ0v) is 16.1. The van der Waals surface area contributed by atoms with Crippen molar-refractivity contribution in [1.29, 1.82) is 0 Å². The second-order valence-electron chi connectivity index (χ2n) is 6.68. The van der Waals surface area contributed by atoms with E-state index < -0.39 is 5.79 Å². The van der Waals surface area contributed by atoms with Gasteiger partial charge in [-0.15, -0.1) is 0 Å². The van der Waals surface area contributed by atoms with Crippen LogP contribution in [0.3, 0.4) is 0 Å². The SMILES string of the molecule is COc1ccc(-c2ccc(C3(Cn4ccnc4)OCCCO3)cc2)c(OC)c1. The van der Waals surface area contributed by atoms with E-state index in [0.29, 0.717) is 19.8 Å². The molecule has 1 aromatic heterocycles. The van der Waals surface area contributed by atoms with E-state index in [1.54, 1.807) is 26.7 Å². The zero-order chi connectivity index (χ0) is 19.4. The third-order valence-electron chi connectivity index (χ3n) is 4.95. The minimum Gasteiger partial charge on any atom is -0.497 e. The third kappa shape index (κ3) is 3.61. The number of rotatable bonds is 6. The molecule has 4 rings (SSSR count). The van der Waals surface area contributed by atoms with Crippen molar-refractivity contribution in [2.24, 2.45) is 0 Å². The topological polar surface area (TPSA) is 54.7 Å². The fraction of sp³-hybridized carbons (Fsp3) is 0.318. The minimum absolute atomic E-state index is 0.554. The van der Waals surface area contributed by atoms with Crippen molar-refractivity contribution in [2.75, 3.05) is 27.4 Å². The molecule has 6 nitrogen and oxygen atoms in total. The normalized spacial score (nSPS) is 15.9. The quantitative estimate of drug-likeness (QED) is 0.650. The summed E-state index contributed by atoms with van der Waals surface area (Å²) in [7, 11) is 3.31. The Morgan fingerprint density at radius 2 is 1.82 bits per heavy atom. The Labute approximate surface area is 164 Å². The number of hydrogen-bond acceptors (Lipinski definition) is 5. The Bertz CT molecular complexity index is 901. The van der Waals surface area contributed by atoms with Gasteiger partial charge < -0.3 is 23.5 Å². The van der Waals surface area contributed by atoms with Crippen molar-refractivity contribution in [3.05, 3.63) is 66.7 Å². The van der Waals surface area contributed by atoms with Gasteiger partial charge in [0, 0.05) is 29.6 Å². The maximum atomic E-state index is 6.13. The number of aromatic nitrogens is 2. The van der Waals surface area contributed by atoms with Crippen LogP contribution in [0.1, 0.15) is 12.0 Å². The summed E-state index contributed by atoms with van der Waals surface area (Å²) in [5.41, 5.74) is 3.04. The Kier molecular flexibility index (Phi) is 5.32. The predicted molar refractivity (Wildman–Crippen MR) is 105 cm³/mol. The monoisotopic (exact) mass is 380 g/mol. The molecule has 0 radical (unpaired) electrons. The van der Waals surface area contributed by atoms with Crippen LogP contribution in [0, 0.1) is 0 Å². The van der Waals surface area contributed by atoms with Gasteiger partial charge in [0.25, 0.3) is 0 Å². The van der Waals surface area contributed by atoms with E-state index in [0.717, 1.165) is 34.6 Å². The van der Waals surface area contributed by atoms with E-state index in [4.69, 9.17) is 18.9 Å². The molecule has 6 heteroatoms. The first-order chi connectivity index (χ1) is 13.7. The highest BCUT2D eigenvalue weighted by molar-refractivity contribution is 5.71. The van der Waals surface area contributed by atoms with Gasteiger partial charge >= 0.3 is 0 Å². The summed E-state index contributed by atoms with van der Waals surface area (Å²) in [6.07, 6.45) is 6.35. The van der Waals surface area contributed by atoms with E-state index in [-0.39, 0.29) is 0 Å². The average Bonchev–Trinajstić information content (AvgIpc) is 3.27. The van der Waals surface area contributed by atoms with E-state index in [1.807, 2.05) is 29.0 Å². The van der Waals surface area contributed by atoms with Gasteiger partial charge in [-0.3, -0.25) is 0 Å². The van der Waals surface area contributed by atoms with E-state index >= 15 is 0 Å². The lowest BCUT2D eigenvalue weighted by atomic mass is 9.98. The zero-order valence-electron chi connectivity index (χ0n) is 16.1. The summed E-state index contributed by atoms with van der Waals surface area (Å²) in [6.45, 7) is 1.89. The number of benzene rings is 2. The van der Waals surface area contributed by atoms with Gasteiger partial charge in [0.2, 0.25) is 5.79 Å². The molecule has 1 aliphatic heterocycles. The lowest BCUT2D eigenvalue weighted by Crippen LogP contribution is -2.41. The van der Waals surface area contributed by atoms with E-state index in [1.165, 1.54) is 0 Å². The molecule has 1 aliphatic rings. The van der Waals surface area contributed by atoms with Crippen molar-refractivity contribution in [3.8, 4) is 22.6 Å². The molecule has 2 aromatic carbocycles. The number of hydrogen-bond donors (Lipinski definition) is 0. The first kappa shape index (κ1) is 18.5. The van der Waals surface area contributed by atoms with Crippen LogP contribution in [0.5, 0.6) is 11.5 Å². The largest absolute Gasteiger partial charge is 0.497 e. The second-order valence-corrected chi connectivity index (χ2v) is 6.68. The molecule has 0 atom stereocenters. The standard InChI is InChI=1S/C22H24N2O4/c1-25-19-8-9-20(21(14-19)26-2)17-4-6-18(7-5-17)22(27-12-3-13-28-22)15-24-11-10-23-16-24/h4-11,14,16H,3,12-13,15H2,1-2H3. The van der Waals surface area contributed by atoms with Gasteiger partial charge in [-0.2, -0.15) is 0 Å². The molecule has 0 bridgehead atoms. The molecule has 0 aliphatic carbocycles. The van der Waals surface area contributed by atoms with Gasteiger partial charge in [0.05, 0.1) is 40.3 Å². The number of imidazole rings is 1. The molecule has 0 amide bonds. The van der Waals surface area contributed by atoms with Gasteiger partial charge in [-0.1, -0.05) is 24.3 Å². The number of nitrogens with zero attached hydrogens (tertiary/aromatic N) is 2. The Morgan fingerprint density at radius 3 is 2.46 bits per heavy atom. The Hall–Kier alpha value is -2.83. The molecule has 3 aromatic rings. The molecule has 1 saturated heterocycles. The lowest BCUT2D eigenvalue weighted by molar-refractivity contribution is -0.283. The minimum atomic E-state index is -0.804. The molecular formula is C22H24N2O4. The van der Waals surface area contributed by atoms with Crippen LogP contribution < -0.4 is 9.47 Å². The highest BCUT2D eigenvalue weighted by atomic mass is 16.7. The summed E-state index contributed by atoms with van der Waals surface area (Å²) in [5, 5.41) is 0. The molecule has 0 saturated carbocycles. The van der Waals surface area contributed by atoms with E-state index in [2.05, 4.69) is 29.2 Å². The summed E-state index contributed by atoms with van der Waals surface area (Å²) in [6, 6.07) is 14.1. The Balaban J connectivity index is 1.66. The summed E-state index contributed by atoms with van der Waals surface area (Å²) < 4.78 is 25.1. The highest BCUT2D eigenvalue weighted by Gasteiger charge is 2.37. The molecule has 28 heavy (non-hydrogen) atoms. The van der Waals surface area contributed by atoms with Gasteiger partial charge in [-0.05, 0) is 24.1 Å². The molecule has 1 fully saturated rings. The highest BCUT2D eigenvalue weighted by Crippen LogP contribution is 2.37. The smallest absolute Gasteiger partial charge is 0.213 e. The summed E-state index contributed by atoms with van der Waals surface area (Å²) in [5.74, 6) is 0.729. The van der Waals surface area contributed by atoms with E-state index in [9.17, 15) is 0 Å². The van der Waals surface area contributed by atoms with Crippen molar-refractivity contribution >= 4 is 0 Å². The van der Waals surface area contributed by atoms with Crippen LogP contribution in [-0.4, -0.2) is 37.0 Å². The van der Waals surface area contributed by atoms with Crippen molar-refractivity contribution in [3.63, 3.8) is 0 Å². The first-order valence-corrected chi connectivity index (χ1v) is 9.31.